The van der Waals surface area contributed by atoms with Crippen molar-refractivity contribution < 1.29 is 18.0 Å². The van der Waals surface area contributed by atoms with Gasteiger partial charge in [-0.25, -0.2) is 0 Å². The summed E-state index contributed by atoms with van der Waals surface area (Å²) in [5.74, 6) is 5.10. The molecule has 0 unspecified atom stereocenters. The van der Waals surface area contributed by atoms with E-state index in [1.54, 1.807) is 43.6 Å². The Balaban J connectivity index is 1.75. The summed E-state index contributed by atoms with van der Waals surface area (Å²) in [6, 6.07) is 17.4. The van der Waals surface area contributed by atoms with E-state index in [0.29, 0.717) is 27.9 Å². The second-order valence-electron chi connectivity index (χ2n) is 7.52. The Morgan fingerprint density at radius 1 is 0.970 bits per heavy atom. The van der Waals surface area contributed by atoms with Crippen LogP contribution >= 0.6 is 0 Å². The molecule has 33 heavy (non-hydrogen) atoms. The molecule has 2 aromatic carbocycles. The summed E-state index contributed by atoms with van der Waals surface area (Å²) in [7, 11) is 0. The molecular weight excluding hydrogens is 425 g/mol. The van der Waals surface area contributed by atoms with E-state index in [0.717, 1.165) is 17.5 Å². The minimum Gasteiger partial charge on any atom is -0.294 e. The Labute approximate surface area is 189 Å². The van der Waals surface area contributed by atoms with Crippen LogP contribution < -0.4 is 0 Å². The van der Waals surface area contributed by atoms with E-state index in [9.17, 15) is 18.0 Å². The summed E-state index contributed by atoms with van der Waals surface area (Å²) < 4.78 is 39.2. The van der Waals surface area contributed by atoms with E-state index in [-0.39, 0.29) is 12.2 Å². The molecule has 4 aromatic rings. The number of ketones is 1. The molecule has 0 fully saturated rings. The fourth-order valence-electron chi connectivity index (χ4n) is 3.76. The summed E-state index contributed by atoms with van der Waals surface area (Å²) in [4.78, 5) is 22.0. The Morgan fingerprint density at radius 3 is 2.42 bits per heavy atom. The molecule has 0 bridgehead atoms. The average molecular weight is 444 g/mol. The van der Waals surface area contributed by atoms with Crippen molar-refractivity contribution in [2.24, 2.45) is 0 Å². The first kappa shape index (κ1) is 22.2. The standard InChI is InChI=1S/C27H19F3N2O/c1-2-5-20-7-4-15-32-26(20)23(18-10-12-22(13-11-18)27(28,29)30)17-25(33)21-9-8-19-6-3-14-31-24(19)16-21/h3-4,6-16,23H,17H2,1H3/t23-/m0/s1. The summed E-state index contributed by atoms with van der Waals surface area (Å²) in [5.41, 5.74) is 2.19. The topological polar surface area (TPSA) is 42.9 Å². The van der Waals surface area contributed by atoms with Gasteiger partial charge in [-0.2, -0.15) is 13.2 Å². The monoisotopic (exact) mass is 444 g/mol. The zero-order valence-electron chi connectivity index (χ0n) is 17.7. The Kier molecular flexibility index (Phi) is 6.23. The van der Waals surface area contributed by atoms with Crippen LogP contribution in [0.25, 0.3) is 10.9 Å². The van der Waals surface area contributed by atoms with Crippen LogP contribution in [0, 0.1) is 11.8 Å². The molecule has 0 N–H and O–H groups in total. The summed E-state index contributed by atoms with van der Waals surface area (Å²) in [5, 5.41) is 0.915. The lowest BCUT2D eigenvalue weighted by Crippen LogP contribution is -2.13. The highest BCUT2D eigenvalue weighted by Crippen LogP contribution is 2.34. The number of hydrogen-bond acceptors (Lipinski definition) is 3. The Bertz CT molecular complexity index is 1370. The third-order valence-electron chi connectivity index (χ3n) is 5.39. The minimum absolute atomic E-state index is 0.0269. The second-order valence-corrected chi connectivity index (χ2v) is 7.52. The van der Waals surface area contributed by atoms with E-state index < -0.39 is 17.7 Å². The zero-order valence-corrected chi connectivity index (χ0v) is 17.7. The van der Waals surface area contributed by atoms with Crippen molar-refractivity contribution in [2.75, 3.05) is 0 Å². The highest BCUT2D eigenvalue weighted by Gasteiger charge is 2.31. The van der Waals surface area contributed by atoms with Crippen molar-refractivity contribution in [3.05, 3.63) is 107 Å². The molecule has 2 heterocycles. The molecule has 0 aliphatic rings. The number of nitrogens with zero attached hydrogens (tertiary/aromatic N) is 2. The van der Waals surface area contributed by atoms with Crippen molar-refractivity contribution in [3.63, 3.8) is 0 Å². The molecule has 3 nitrogen and oxygen atoms in total. The predicted octanol–water partition coefficient (Wildman–Crippen LogP) is 6.42. The smallest absolute Gasteiger partial charge is 0.294 e. The molecule has 2 aromatic heterocycles. The van der Waals surface area contributed by atoms with Crippen LogP contribution in [-0.2, 0) is 6.18 Å². The first-order chi connectivity index (χ1) is 15.9. The van der Waals surface area contributed by atoms with Crippen LogP contribution in [0.4, 0.5) is 13.2 Å². The number of alkyl halides is 3. The number of rotatable bonds is 5. The van der Waals surface area contributed by atoms with Gasteiger partial charge in [-0.3, -0.25) is 14.8 Å². The maximum absolute atomic E-state index is 13.3. The lowest BCUT2D eigenvalue weighted by atomic mass is 9.86. The van der Waals surface area contributed by atoms with Gasteiger partial charge in [0.25, 0.3) is 0 Å². The quantitative estimate of drug-likeness (QED) is 0.263. The second kappa shape index (κ2) is 9.25. The van der Waals surface area contributed by atoms with Crippen LogP contribution in [-0.4, -0.2) is 15.8 Å². The number of carbonyl (C=O) groups is 1. The number of Topliss-reactive ketones (excluding diaryl/α,β-unsaturated/α-hetero) is 1. The maximum Gasteiger partial charge on any atom is 0.416 e. The van der Waals surface area contributed by atoms with E-state index >= 15 is 0 Å². The molecule has 0 spiro atoms. The van der Waals surface area contributed by atoms with Gasteiger partial charge in [-0.1, -0.05) is 36.3 Å². The number of fused-ring (bicyclic) bond motifs is 1. The van der Waals surface area contributed by atoms with Crippen molar-refractivity contribution in [1.29, 1.82) is 0 Å². The molecule has 0 radical (unpaired) electrons. The van der Waals surface area contributed by atoms with E-state index in [4.69, 9.17) is 0 Å². The van der Waals surface area contributed by atoms with Gasteiger partial charge >= 0.3 is 6.18 Å². The molecule has 0 aliphatic heterocycles. The van der Waals surface area contributed by atoms with Gasteiger partial charge in [0.05, 0.1) is 16.8 Å². The molecule has 0 saturated heterocycles. The highest BCUT2D eigenvalue weighted by molar-refractivity contribution is 5.99. The SMILES string of the molecule is CC#Cc1cccnc1[C@@H](CC(=O)c1ccc2cccnc2c1)c1ccc(C(F)(F)F)cc1. The summed E-state index contributed by atoms with van der Waals surface area (Å²) >= 11 is 0. The minimum atomic E-state index is -4.44. The van der Waals surface area contributed by atoms with Gasteiger partial charge < -0.3 is 0 Å². The van der Waals surface area contributed by atoms with Gasteiger partial charge in [0.15, 0.2) is 5.78 Å². The predicted molar refractivity (Wildman–Crippen MR) is 121 cm³/mol. The van der Waals surface area contributed by atoms with Crippen molar-refractivity contribution in [3.8, 4) is 11.8 Å². The first-order valence-electron chi connectivity index (χ1n) is 10.3. The highest BCUT2D eigenvalue weighted by atomic mass is 19.4. The van der Waals surface area contributed by atoms with Crippen molar-refractivity contribution >= 4 is 16.7 Å². The van der Waals surface area contributed by atoms with Gasteiger partial charge in [0, 0.05) is 41.2 Å². The van der Waals surface area contributed by atoms with Crippen molar-refractivity contribution in [2.45, 2.75) is 25.4 Å². The van der Waals surface area contributed by atoms with Crippen LogP contribution in [0.3, 0.4) is 0 Å². The van der Waals surface area contributed by atoms with Crippen molar-refractivity contribution in [1.82, 2.24) is 9.97 Å². The number of carbonyl (C=O) groups excluding carboxylic acids is 1. The first-order valence-corrected chi connectivity index (χ1v) is 10.3. The van der Waals surface area contributed by atoms with Crippen LogP contribution in [0.2, 0.25) is 0 Å². The fraction of sp³-hybridized carbons (Fsp3) is 0.148. The molecule has 4 rings (SSSR count). The number of halogens is 3. The lowest BCUT2D eigenvalue weighted by Gasteiger charge is -2.19. The zero-order chi connectivity index (χ0) is 23.4. The average Bonchev–Trinajstić information content (AvgIpc) is 2.82. The normalized spacial score (nSPS) is 12.1. The fourth-order valence-corrected chi connectivity index (χ4v) is 3.76. The number of aromatic nitrogens is 2. The molecule has 6 heteroatoms. The van der Waals surface area contributed by atoms with Gasteiger partial charge in [0.2, 0.25) is 0 Å². The largest absolute Gasteiger partial charge is 0.416 e. The third kappa shape index (κ3) is 4.93. The lowest BCUT2D eigenvalue weighted by molar-refractivity contribution is -0.137. The Hall–Kier alpha value is -3.98. The van der Waals surface area contributed by atoms with Gasteiger partial charge in [0.1, 0.15) is 0 Å². The molecule has 0 amide bonds. The van der Waals surface area contributed by atoms with Gasteiger partial charge in [-0.15, -0.1) is 5.92 Å². The van der Waals surface area contributed by atoms with Crippen LogP contribution in [0.15, 0.2) is 79.1 Å². The van der Waals surface area contributed by atoms with E-state index in [1.165, 1.54) is 12.1 Å². The third-order valence-corrected chi connectivity index (χ3v) is 5.39. The van der Waals surface area contributed by atoms with E-state index in [1.807, 2.05) is 18.2 Å². The number of hydrogen-bond donors (Lipinski definition) is 0. The molecular formula is C27H19F3N2O. The Morgan fingerprint density at radius 2 is 1.70 bits per heavy atom. The molecule has 164 valence electrons. The summed E-state index contributed by atoms with van der Waals surface area (Å²) in [6.07, 6.45) is -1.16. The number of benzene rings is 2. The molecule has 0 aliphatic carbocycles. The maximum atomic E-state index is 13.3. The van der Waals surface area contributed by atoms with E-state index in [2.05, 4.69) is 21.8 Å². The van der Waals surface area contributed by atoms with Gasteiger partial charge in [-0.05, 0) is 48.9 Å². The van der Waals surface area contributed by atoms with Crippen LogP contribution in [0.5, 0.6) is 0 Å². The summed E-state index contributed by atoms with van der Waals surface area (Å²) in [6.45, 7) is 1.69. The number of pyridine rings is 2. The van der Waals surface area contributed by atoms with Crippen LogP contribution in [0.1, 0.15) is 52.0 Å². The molecule has 1 atom stereocenters. The molecule has 0 saturated carbocycles.